The van der Waals surface area contributed by atoms with Gasteiger partial charge in [0.05, 0.1) is 23.6 Å². The first-order chi connectivity index (χ1) is 15.8. The molecule has 1 N–H and O–H groups in total. The molecule has 2 aromatic rings. The molecule has 0 atom stereocenters. The lowest BCUT2D eigenvalue weighted by Crippen LogP contribution is -2.44. The lowest BCUT2D eigenvalue weighted by Gasteiger charge is -2.15. The van der Waals surface area contributed by atoms with Gasteiger partial charge < -0.3 is 14.2 Å². The van der Waals surface area contributed by atoms with Crippen LogP contribution in [0.25, 0.3) is 6.08 Å². The number of carbonyl (C=O) groups is 3. The zero-order valence-electron chi connectivity index (χ0n) is 17.6. The molecule has 0 aromatic heterocycles. The number of amides is 2. The molecule has 8 nitrogen and oxygen atoms in total. The average molecular weight is 507 g/mol. The molecule has 2 amide bonds. The average Bonchev–Trinajstić information content (AvgIpc) is 3.06. The number of methoxy groups -OCH3 is 1. The zero-order valence-corrected chi connectivity index (χ0v) is 20.0. The maximum Gasteiger partial charge on any atom is 0.343 e. The van der Waals surface area contributed by atoms with Crippen molar-refractivity contribution in [3.63, 3.8) is 0 Å². The van der Waals surface area contributed by atoms with Crippen LogP contribution in [0.2, 0.25) is 5.02 Å². The number of hydrogen-bond acceptors (Lipinski definition) is 8. The Kier molecular flexibility index (Phi) is 8.32. The molecule has 33 heavy (non-hydrogen) atoms. The van der Waals surface area contributed by atoms with Crippen molar-refractivity contribution in [2.24, 2.45) is 0 Å². The summed E-state index contributed by atoms with van der Waals surface area (Å²) in [5, 5.41) is 1.21. The van der Waals surface area contributed by atoms with Crippen LogP contribution in [-0.2, 0) is 14.3 Å². The lowest BCUT2D eigenvalue weighted by molar-refractivity contribution is -0.142. The summed E-state index contributed by atoms with van der Waals surface area (Å²) in [6, 6.07) is 11.7. The minimum absolute atomic E-state index is 0.184. The molecule has 0 spiro atoms. The summed E-state index contributed by atoms with van der Waals surface area (Å²) < 4.78 is 15.8. The fourth-order valence-electron chi connectivity index (χ4n) is 2.74. The number of thioether (sulfide) groups is 1. The van der Waals surface area contributed by atoms with Gasteiger partial charge in [-0.05, 0) is 55.0 Å². The third-order valence-corrected chi connectivity index (χ3v) is 5.82. The van der Waals surface area contributed by atoms with E-state index in [1.807, 2.05) is 0 Å². The van der Waals surface area contributed by atoms with Gasteiger partial charge in [0.25, 0.3) is 11.8 Å². The van der Waals surface area contributed by atoms with E-state index in [9.17, 15) is 14.4 Å². The molecule has 1 saturated heterocycles. The topological polar surface area (TPSA) is 94.2 Å². The molecule has 11 heteroatoms. The summed E-state index contributed by atoms with van der Waals surface area (Å²) >= 11 is 12.6. The van der Waals surface area contributed by atoms with Gasteiger partial charge in [0.1, 0.15) is 0 Å². The predicted molar refractivity (Wildman–Crippen MR) is 129 cm³/mol. The van der Waals surface area contributed by atoms with E-state index < -0.39 is 17.8 Å². The van der Waals surface area contributed by atoms with Gasteiger partial charge in [0, 0.05) is 5.56 Å². The van der Waals surface area contributed by atoms with Crippen LogP contribution >= 0.6 is 35.6 Å². The van der Waals surface area contributed by atoms with Crippen molar-refractivity contribution in [1.82, 2.24) is 10.4 Å². The van der Waals surface area contributed by atoms with E-state index in [0.29, 0.717) is 23.5 Å². The number of halogens is 1. The van der Waals surface area contributed by atoms with Crippen LogP contribution in [0.5, 0.6) is 11.5 Å². The molecule has 1 heterocycles. The number of benzene rings is 2. The van der Waals surface area contributed by atoms with Gasteiger partial charge in [-0.1, -0.05) is 41.6 Å². The van der Waals surface area contributed by atoms with Gasteiger partial charge in [-0.25, -0.2) is 4.79 Å². The normalized spacial score (nSPS) is 14.4. The van der Waals surface area contributed by atoms with Crippen LogP contribution < -0.4 is 14.9 Å². The lowest BCUT2D eigenvalue weighted by atomic mass is 10.1. The largest absolute Gasteiger partial charge is 0.490 e. The molecule has 3 rings (SSSR count). The zero-order chi connectivity index (χ0) is 24.0. The highest BCUT2D eigenvalue weighted by Gasteiger charge is 2.34. The molecule has 0 unspecified atom stereocenters. The maximum atomic E-state index is 12.9. The molecule has 0 saturated carbocycles. The van der Waals surface area contributed by atoms with Gasteiger partial charge in [-0.15, -0.1) is 0 Å². The summed E-state index contributed by atoms with van der Waals surface area (Å²) in [5.41, 5.74) is 3.46. The van der Waals surface area contributed by atoms with Gasteiger partial charge in [-0.2, -0.15) is 5.01 Å². The number of nitrogens with one attached hydrogen (secondary N) is 1. The SMILES string of the molecule is CCOc1cc(C=C2SC(=S)N(NC(=O)c3ccccc3)C2=O)cc(Cl)c1OCC(=O)OC. The highest BCUT2D eigenvalue weighted by atomic mass is 35.5. The van der Waals surface area contributed by atoms with Crippen molar-refractivity contribution < 1.29 is 28.6 Å². The Balaban J connectivity index is 1.82. The van der Waals surface area contributed by atoms with E-state index in [2.05, 4.69) is 10.2 Å². The molecule has 0 radical (unpaired) electrons. The number of hydrazine groups is 1. The Morgan fingerprint density at radius 2 is 1.94 bits per heavy atom. The second-order valence-corrected chi connectivity index (χ2v) is 8.53. The smallest absolute Gasteiger partial charge is 0.343 e. The Bertz CT molecular complexity index is 1120. The molecule has 1 aliphatic rings. The number of esters is 1. The first-order valence-corrected chi connectivity index (χ1v) is 11.2. The number of hydrogen-bond donors (Lipinski definition) is 1. The number of thiocarbonyl (C=S) groups is 1. The highest BCUT2D eigenvalue weighted by Crippen LogP contribution is 2.39. The first-order valence-electron chi connectivity index (χ1n) is 9.64. The fraction of sp³-hybridized carbons (Fsp3) is 0.182. The Morgan fingerprint density at radius 1 is 1.21 bits per heavy atom. The van der Waals surface area contributed by atoms with E-state index in [1.165, 1.54) is 7.11 Å². The Morgan fingerprint density at radius 3 is 2.61 bits per heavy atom. The van der Waals surface area contributed by atoms with Crippen LogP contribution in [0.4, 0.5) is 0 Å². The van der Waals surface area contributed by atoms with Crippen molar-refractivity contribution in [3.05, 3.63) is 63.5 Å². The summed E-state index contributed by atoms with van der Waals surface area (Å²) in [6.07, 6.45) is 1.58. The molecule has 1 aliphatic heterocycles. The van der Waals surface area contributed by atoms with Crippen molar-refractivity contribution in [2.75, 3.05) is 20.3 Å². The minimum Gasteiger partial charge on any atom is -0.490 e. The summed E-state index contributed by atoms with van der Waals surface area (Å²) in [6.45, 7) is 1.77. The van der Waals surface area contributed by atoms with E-state index in [0.717, 1.165) is 16.8 Å². The second-order valence-electron chi connectivity index (χ2n) is 6.45. The van der Waals surface area contributed by atoms with E-state index in [-0.39, 0.29) is 26.6 Å². The van der Waals surface area contributed by atoms with Crippen LogP contribution in [0.3, 0.4) is 0 Å². The van der Waals surface area contributed by atoms with E-state index >= 15 is 0 Å². The van der Waals surface area contributed by atoms with Crippen molar-refractivity contribution in [1.29, 1.82) is 0 Å². The van der Waals surface area contributed by atoms with Crippen LogP contribution in [0.15, 0.2) is 47.4 Å². The third kappa shape index (κ3) is 6.04. The number of ether oxygens (including phenoxy) is 3. The van der Waals surface area contributed by atoms with Crippen molar-refractivity contribution in [3.8, 4) is 11.5 Å². The van der Waals surface area contributed by atoms with Crippen LogP contribution in [-0.4, -0.2) is 47.4 Å². The van der Waals surface area contributed by atoms with E-state index in [4.69, 9.17) is 33.3 Å². The van der Waals surface area contributed by atoms with Gasteiger partial charge >= 0.3 is 5.97 Å². The number of nitrogens with zero attached hydrogens (tertiary/aromatic N) is 1. The maximum absolute atomic E-state index is 12.9. The third-order valence-electron chi connectivity index (χ3n) is 4.23. The fourth-order valence-corrected chi connectivity index (χ4v) is 4.19. The summed E-state index contributed by atoms with van der Waals surface area (Å²) in [7, 11) is 1.25. The standard InChI is InChI=1S/C22H19ClN2O6S2/c1-3-30-16-10-13(9-15(23)19(16)31-12-18(26)29-2)11-17-21(28)25(22(32)33-17)24-20(27)14-7-5-4-6-8-14/h4-11H,3,12H2,1-2H3,(H,24,27). The summed E-state index contributed by atoms with van der Waals surface area (Å²) in [5.74, 6) is -1.02. The number of carbonyl (C=O) groups excluding carboxylic acids is 3. The molecular weight excluding hydrogens is 488 g/mol. The number of rotatable bonds is 8. The van der Waals surface area contributed by atoms with E-state index in [1.54, 1.807) is 55.5 Å². The highest BCUT2D eigenvalue weighted by molar-refractivity contribution is 8.26. The Hall–Kier alpha value is -3.08. The first kappa shape index (κ1) is 24.6. The van der Waals surface area contributed by atoms with Crippen molar-refractivity contribution >= 4 is 63.8 Å². The quantitative estimate of drug-likeness (QED) is 0.328. The second kappa shape index (κ2) is 11.2. The molecular formula is C22H19ClN2O6S2. The molecule has 1 fully saturated rings. The predicted octanol–water partition coefficient (Wildman–Crippen LogP) is 3.84. The monoisotopic (exact) mass is 506 g/mol. The van der Waals surface area contributed by atoms with Gasteiger partial charge in [0.15, 0.2) is 22.4 Å². The van der Waals surface area contributed by atoms with Gasteiger partial charge in [-0.3, -0.25) is 15.0 Å². The van der Waals surface area contributed by atoms with Gasteiger partial charge in [0.2, 0.25) is 0 Å². The van der Waals surface area contributed by atoms with Crippen LogP contribution in [0.1, 0.15) is 22.8 Å². The molecule has 0 bridgehead atoms. The minimum atomic E-state index is -0.571. The molecule has 0 aliphatic carbocycles. The molecule has 2 aromatic carbocycles. The van der Waals surface area contributed by atoms with Crippen molar-refractivity contribution in [2.45, 2.75) is 6.92 Å². The van der Waals surface area contributed by atoms with Crippen LogP contribution in [0, 0.1) is 0 Å². The molecule has 172 valence electrons. The summed E-state index contributed by atoms with van der Waals surface area (Å²) in [4.78, 5) is 37.0. The Labute approximate surface area is 204 Å².